The Kier molecular flexibility index (Phi) is 8.45. The maximum absolute atomic E-state index is 12.4. The summed E-state index contributed by atoms with van der Waals surface area (Å²) in [5.41, 5.74) is 11.2. The van der Waals surface area contributed by atoms with Gasteiger partial charge in [0, 0.05) is 11.8 Å². The van der Waals surface area contributed by atoms with E-state index >= 15 is 0 Å². The Morgan fingerprint density at radius 3 is 2.26 bits per heavy atom. The van der Waals surface area contributed by atoms with Gasteiger partial charge in [-0.05, 0) is 42.0 Å². The number of fused-ring (bicyclic) bond motifs is 1. The van der Waals surface area contributed by atoms with Crippen molar-refractivity contribution in [2.24, 2.45) is 10.7 Å². The number of carbonyl (C=O) groups excluding carboxylic acids is 1. The van der Waals surface area contributed by atoms with Crippen molar-refractivity contribution in [1.29, 1.82) is 0 Å². The molecule has 1 heterocycles. The van der Waals surface area contributed by atoms with Gasteiger partial charge in [0.2, 0.25) is 5.91 Å². The summed E-state index contributed by atoms with van der Waals surface area (Å²) in [4.78, 5) is 17.6. The summed E-state index contributed by atoms with van der Waals surface area (Å²) in [6, 6.07) is 16.9. The Bertz CT molecular complexity index is 887. The molecule has 3 rings (SSSR count). The Balaban J connectivity index is 2.06. The van der Waals surface area contributed by atoms with E-state index in [0.29, 0.717) is 6.42 Å². The fraction of sp³-hybridized carbons (Fsp3) is 0.500. The van der Waals surface area contributed by atoms with E-state index in [2.05, 4.69) is 56.3 Å². The van der Waals surface area contributed by atoms with E-state index in [9.17, 15) is 4.79 Å². The molecule has 0 fully saturated rings. The average molecular weight is 419 g/mol. The number of benzene rings is 2. The third-order valence-corrected chi connectivity index (χ3v) is 6.57. The standard InChI is InChI=1S/C28H38N2O/c1-3-5-7-10-15-22-18-14-19-24-26(22)28(21-25(29)31,20-13-8-6-4-2)27(30-24)23-16-11-9-12-17-23/h9,11-12,14,16-19H,3-8,10,13,15,20-21H2,1-2H3,(H2,29,31). The Morgan fingerprint density at radius 2 is 1.58 bits per heavy atom. The first-order valence-corrected chi connectivity index (χ1v) is 12.2. The molecule has 0 radical (unpaired) electrons. The van der Waals surface area contributed by atoms with E-state index in [1.54, 1.807) is 0 Å². The topological polar surface area (TPSA) is 55.5 Å². The Labute approximate surface area is 188 Å². The van der Waals surface area contributed by atoms with Gasteiger partial charge < -0.3 is 5.73 Å². The van der Waals surface area contributed by atoms with Crippen LogP contribution >= 0.6 is 0 Å². The monoisotopic (exact) mass is 418 g/mol. The van der Waals surface area contributed by atoms with Crippen molar-refractivity contribution in [3.05, 3.63) is 65.2 Å². The molecule has 1 aliphatic rings. The van der Waals surface area contributed by atoms with E-state index in [0.717, 1.165) is 36.2 Å². The molecule has 1 aliphatic heterocycles. The molecule has 1 unspecified atom stereocenters. The van der Waals surface area contributed by atoms with Crippen molar-refractivity contribution in [2.75, 3.05) is 0 Å². The van der Waals surface area contributed by atoms with Crippen molar-refractivity contribution < 1.29 is 4.79 Å². The summed E-state index contributed by atoms with van der Waals surface area (Å²) in [7, 11) is 0. The van der Waals surface area contributed by atoms with Gasteiger partial charge >= 0.3 is 0 Å². The molecule has 2 aromatic rings. The van der Waals surface area contributed by atoms with Gasteiger partial charge in [-0.15, -0.1) is 0 Å². The molecule has 166 valence electrons. The van der Waals surface area contributed by atoms with Crippen LogP contribution in [0.5, 0.6) is 0 Å². The van der Waals surface area contributed by atoms with Gasteiger partial charge in [0.1, 0.15) is 0 Å². The van der Waals surface area contributed by atoms with Gasteiger partial charge in [0.05, 0.1) is 11.4 Å². The molecule has 1 amide bonds. The van der Waals surface area contributed by atoms with Crippen LogP contribution in [-0.4, -0.2) is 11.6 Å². The van der Waals surface area contributed by atoms with Crippen LogP contribution in [0.3, 0.4) is 0 Å². The first-order valence-electron chi connectivity index (χ1n) is 12.2. The zero-order valence-electron chi connectivity index (χ0n) is 19.3. The largest absolute Gasteiger partial charge is 0.370 e. The normalized spacial score (nSPS) is 17.4. The van der Waals surface area contributed by atoms with E-state index in [1.165, 1.54) is 56.1 Å². The minimum Gasteiger partial charge on any atom is -0.370 e. The van der Waals surface area contributed by atoms with Crippen LogP contribution in [0, 0.1) is 0 Å². The molecule has 2 aromatic carbocycles. The molecule has 0 spiro atoms. The maximum atomic E-state index is 12.4. The Hall–Kier alpha value is -2.42. The second kappa shape index (κ2) is 11.3. The van der Waals surface area contributed by atoms with Crippen molar-refractivity contribution in [1.82, 2.24) is 0 Å². The quantitative estimate of drug-likeness (QED) is 0.349. The molecule has 0 saturated heterocycles. The fourth-order valence-electron chi connectivity index (χ4n) is 5.12. The van der Waals surface area contributed by atoms with Crippen LogP contribution in [0.4, 0.5) is 5.69 Å². The molecule has 31 heavy (non-hydrogen) atoms. The summed E-state index contributed by atoms with van der Waals surface area (Å²) in [5.74, 6) is -0.243. The van der Waals surface area contributed by atoms with E-state index in [4.69, 9.17) is 10.7 Å². The molecule has 3 heteroatoms. The van der Waals surface area contributed by atoms with Crippen molar-refractivity contribution in [3.63, 3.8) is 0 Å². The number of nitrogens with two attached hydrogens (primary N) is 1. The highest BCUT2D eigenvalue weighted by Gasteiger charge is 2.45. The molecule has 0 aromatic heterocycles. The zero-order chi connectivity index (χ0) is 22.1. The molecule has 2 N–H and O–H groups in total. The lowest BCUT2D eigenvalue weighted by Crippen LogP contribution is -2.39. The number of amides is 1. The Morgan fingerprint density at radius 1 is 0.871 bits per heavy atom. The average Bonchev–Trinajstić information content (AvgIpc) is 3.09. The first kappa shape index (κ1) is 23.2. The second-order valence-corrected chi connectivity index (χ2v) is 8.98. The smallest absolute Gasteiger partial charge is 0.218 e. The molecule has 0 saturated carbocycles. The highest BCUT2D eigenvalue weighted by Crippen LogP contribution is 2.49. The molecule has 3 nitrogen and oxygen atoms in total. The predicted molar refractivity (Wildman–Crippen MR) is 131 cm³/mol. The first-order chi connectivity index (χ1) is 15.1. The van der Waals surface area contributed by atoms with E-state index < -0.39 is 5.41 Å². The minimum absolute atomic E-state index is 0.243. The third-order valence-electron chi connectivity index (χ3n) is 6.57. The van der Waals surface area contributed by atoms with Crippen LogP contribution in [0.15, 0.2) is 53.5 Å². The minimum atomic E-state index is -0.419. The van der Waals surface area contributed by atoms with Gasteiger partial charge in [0.15, 0.2) is 0 Å². The highest BCUT2D eigenvalue weighted by atomic mass is 16.1. The highest BCUT2D eigenvalue weighted by molar-refractivity contribution is 6.14. The SMILES string of the molecule is CCCCCCc1cccc2c1C(CCCCCC)(CC(N)=O)C(c1ccccc1)=N2. The molecule has 1 atom stereocenters. The summed E-state index contributed by atoms with van der Waals surface area (Å²) >= 11 is 0. The van der Waals surface area contributed by atoms with Gasteiger partial charge in [0.25, 0.3) is 0 Å². The second-order valence-electron chi connectivity index (χ2n) is 8.98. The van der Waals surface area contributed by atoms with Crippen LogP contribution in [0.2, 0.25) is 0 Å². The van der Waals surface area contributed by atoms with Crippen LogP contribution in [-0.2, 0) is 16.6 Å². The van der Waals surface area contributed by atoms with Gasteiger partial charge in [-0.3, -0.25) is 9.79 Å². The number of rotatable bonds is 13. The molecular formula is C28H38N2O. The summed E-state index contributed by atoms with van der Waals surface area (Å²) in [6.45, 7) is 4.48. The van der Waals surface area contributed by atoms with Crippen molar-refractivity contribution in [3.8, 4) is 0 Å². The number of aliphatic imine (C=N–C) groups is 1. The molecule has 0 bridgehead atoms. The van der Waals surface area contributed by atoms with Gasteiger partial charge in [-0.1, -0.05) is 101 Å². The van der Waals surface area contributed by atoms with Crippen LogP contribution < -0.4 is 5.73 Å². The number of unbranched alkanes of at least 4 members (excludes halogenated alkanes) is 6. The van der Waals surface area contributed by atoms with Crippen molar-refractivity contribution in [2.45, 2.75) is 89.9 Å². The van der Waals surface area contributed by atoms with E-state index in [1.807, 2.05) is 6.07 Å². The van der Waals surface area contributed by atoms with Gasteiger partial charge in [-0.2, -0.15) is 0 Å². The summed E-state index contributed by atoms with van der Waals surface area (Å²) in [5, 5.41) is 0. The zero-order valence-corrected chi connectivity index (χ0v) is 19.3. The molecule has 0 aliphatic carbocycles. The third kappa shape index (κ3) is 5.44. The summed E-state index contributed by atoms with van der Waals surface area (Å²) < 4.78 is 0. The van der Waals surface area contributed by atoms with E-state index in [-0.39, 0.29) is 5.91 Å². The number of aryl methyl sites for hydroxylation is 1. The van der Waals surface area contributed by atoms with Crippen LogP contribution in [0.1, 0.15) is 94.7 Å². The maximum Gasteiger partial charge on any atom is 0.218 e. The fourth-order valence-corrected chi connectivity index (χ4v) is 5.12. The lowest BCUT2D eigenvalue weighted by Gasteiger charge is -2.33. The summed E-state index contributed by atoms with van der Waals surface area (Å²) in [6.07, 6.45) is 11.9. The van der Waals surface area contributed by atoms with Crippen LogP contribution in [0.25, 0.3) is 0 Å². The molecular weight excluding hydrogens is 380 g/mol. The number of hydrogen-bond acceptors (Lipinski definition) is 2. The van der Waals surface area contributed by atoms with Crippen molar-refractivity contribution >= 4 is 17.3 Å². The number of nitrogens with zero attached hydrogens (tertiary/aromatic N) is 1. The lowest BCUT2D eigenvalue weighted by atomic mass is 9.67. The van der Waals surface area contributed by atoms with Gasteiger partial charge in [-0.25, -0.2) is 0 Å². The predicted octanol–water partition coefficient (Wildman–Crippen LogP) is 7.03. The number of hydrogen-bond donors (Lipinski definition) is 1. The number of carbonyl (C=O) groups is 1. The lowest BCUT2D eigenvalue weighted by molar-refractivity contribution is -0.118. The number of primary amides is 1.